The molecule has 0 amide bonds. The monoisotopic (exact) mass is 391 g/mol. The van der Waals surface area contributed by atoms with Gasteiger partial charge in [-0.05, 0) is 47.2 Å². The third-order valence-electron chi connectivity index (χ3n) is 5.35. The number of hydrogen-bond donors (Lipinski definition) is 1. The summed E-state index contributed by atoms with van der Waals surface area (Å²) in [5.41, 5.74) is 1.14. The molecule has 3 rings (SSSR count). The first-order chi connectivity index (χ1) is 12.6. The van der Waals surface area contributed by atoms with Crippen LogP contribution in [-0.2, 0) is 21.2 Å². The molecule has 0 spiro atoms. The zero-order valence-corrected chi connectivity index (χ0v) is 16.2. The Morgan fingerprint density at radius 3 is 2.37 bits per heavy atom. The van der Waals surface area contributed by atoms with E-state index < -0.39 is 15.8 Å². The van der Waals surface area contributed by atoms with E-state index in [0.29, 0.717) is 11.3 Å². The number of Topliss-reactive ketones (excluding diaryl/α,β-unsaturated/α-hetero) is 1. The van der Waals surface area contributed by atoms with Gasteiger partial charge in [-0.1, -0.05) is 26.0 Å². The first-order valence-electron chi connectivity index (χ1n) is 8.53. The molecule has 0 unspecified atom stereocenters. The number of primary sulfonamides is 1. The lowest BCUT2D eigenvalue weighted by molar-refractivity contribution is -0.120. The molecule has 2 atom stereocenters. The number of sulfonamides is 1. The summed E-state index contributed by atoms with van der Waals surface area (Å²) in [4.78, 5) is 12.9. The summed E-state index contributed by atoms with van der Waals surface area (Å²) in [6, 6.07) is 10.4. The van der Waals surface area contributed by atoms with Crippen LogP contribution in [0.3, 0.4) is 0 Å². The van der Waals surface area contributed by atoms with E-state index in [9.17, 15) is 17.6 Å². The van der Waals surface area contributed by atoms with Gasteiger partial charge in [-0.15, -0.1) is 0 Å². The SMILES string of the molecule is COc1ccc(F)cc1CC(=O)[C@@H]1[C@@H](c2ccc(S(N)(=O)=O)cc2)C1(C)C. The molecule has 27 heavy (non-hydrogen) atoms. The Balaban J connectivity index is 1.81. The molecule has 144 valence electrons. The minimum Gasteiger partial charge on any atom is -0.496 e. The van der Waals surface area contributed by atoms with Gasteiger partial charge in [-0.3, -0.25) is 4.79 Å². The summed E-state index contributed by atoms with van der Waals surface area (Å²) < 4.78 is 41.6. The van der Waals surface area contributed by atoms with Gasteiger partial charge in [0.15, 0.2) is 0 Å². The van der Waals surface area contributed by atoms with Crippen molar-refractivity contribution in [2.45, 2.75) is 31.1 Å². The van der Waals surface area contributed by atoms with Gasteiger partial charge in [-0.25, -0.2) is 17.9 Å². The third-order valence-corrected chi connectivity index (χ3v) is 6.28. The fourth-order valence-corrected chi connectivity index (χ4v) is 4.42. The van der Waals surface area contributed by atoms with Crippen LogP contribution >= 0.6 is 0 Å². The number of hydrogen-bond acceptors (Lipinski definition) is 4. The maximum atomic E-state index is 13.6. The van der Waals surface area contributed by atoms with E-state index >= 15 is 0 Å². The van der Waals surface area contributed by atoms with Gasteiger partial charge >= 0.3 is 0 Å². The van der Waals surface area contributed by atoms with Gasteiger partial charge < -0.3 is 4.74 Å². The van der Waals surface area contributed by atoms with Crippen molar-refractivity contribution in [3.05, 3.63) is 59.4 Å². The van der Waals surface area contributed by atoms with Crippen LogP contribution in [0.4, 0.5) is 4.39 Å². The lowest BCUT2D eigenvalue weighted by Crippen LogP contribution is -2.12. The number of methoxy groups -OCH3 is 1. The molecule has 0 bridgehead atoms. The Morgan fingerprint density at radius 1 is 1.19 bits per heavy atom. The highest BCUT2D eigenvalue weighted by atomic mass is 32.2. The van der Waals surface area contributed by atoms with E-state index in [1.165, 1.54) is 37.4 Å². The number of ether oxygens (including phenoxy) is 1. The number of rotatable bonds is 6. The van der Waals surface area contributed by atoms with Crippen LogP contribution in [0.5, 0.6) is 5.75 Å². The number of ketones is 1. The van der Waals surface area contributed by atoms with E-state index in [2.05, 4.69) is 0 Å². The van der Waals surface area contributed by atoms with E-state index in [0.717, 1.165) is 5.56 Å². The summed E-state index contributed by atoms with van der Waals surface area (Å²) in [5, 5.41) is 5.13. The second-order valence-corrected chi connectivity index (χ2v) is 9.05. The topological polar surface area (TPSA) is 86.5 Å². The van der Waals surface area contributed by atoms with Crippen LogP contribution in [0.15, 0.2) is 47.4 Å². The van der Waals surface area contributed by atoms with Gasteiger partial charge in [0.2, 0.25) is 10.0 Å². The van der Waals surface area contributed by atoms with Crippen molar-refractivity contribution < 1.29 is 22.3 Å². The Hall–Kier alpha value is -2.25. The molecule has 0 radical (unpaired) electrons. The van der Waals surface area contributed by atoms with E-state index in [1.807, 2.05) is 13.8 Å². The fourth-order valence-electron chi connectivity index (χ4n) is 3.91. The summed E-state index contributed by atoms with van der Waals surface area (Å²) in [7, 11) is -2.27. The van der Waals surface area contributed by atoms with Crippen molar-refractivity contribution in [1.82, 2.24) is 0 Å². The predicted octanol–water partition coefficient (Wildman–Crippen LogP) is 3.03. The van der Waals surface area contributed by atoms with Crippen LogP contribution < -0.4 is 9.88 Å². The molecule has 1 saturated carbocycles. The average Bonchev–Trinajstić information content (AvgIpc) is 3.17. The van der Waals surface area contributed by atoms with Gasteiger partial charge in [-0.2, -0.15) is 0 Å². The predicted molar refractivity (Wildman–Crippen MR) is 99.5 cm³/mol. The second kappa shape index (κ2) is 6.73. The smallest absolute Gasteiger partial charge is 0.238 e. The number of carbonyl (C=O) groups is 1. The Kier molecular flexibility index (Phi) is 4.86. The molecule has 0 heterocycles. The first-order valence-corrected chi connectivity index (χ1v) is 10.1. The Labute approximate surface area is 158 Å². The molecule has 2 aromatic carbocycles. The van der Waals surface area contributed by atoms with Crippen molar-refractivity contribution in [2.24, 2.45) is 16.5 Å². The largest absolute Gasteiger partial charge is 0.496 e. The van der Waals surface area contributed by atoms with Crippen LogP contribution in [0.25, 0.3) is 0 Å². The molecule has 0 aliphatic heterocycles. The highest BCUT2D eigenvalue weighted by molar-refractivity contribution is 7.89. The molecule has 1 aliphatic rings. The van der Waals surface area contributed by atoms with Crippen LogP contribution in [0.1, 0.15) is 30.9 Å². The Morgan fingerprint density at radius 2 is 1.81 bits per heavy atom. The summed E-state index contributed by atoms with van der Waals surface area (Å²) in [6.07, 6.45) is 0.0841. The maximum Gasteiger partial charge on any atom is 0.238 e. The molecule has 5 nitrogen and oxygen atoms in total. The quantitative estimate of drug-likeness (QED) is 0.820. The highest BCUT2D eigenvalue weighted by Gasteiger charge is 2.61. The molecule has 1 aliphatic carbocycles. The van der Waals surface area contributed by atoms with E-state index in [1.54, 1.807) is 12.1 Å². The van der Waals surface area contributed by atoms with E-state index in [4.69, 9.17) is 9.88 Å². The van der Waals surface area contributed by atoms with Gasteiger partial charge in [0, 0.05) is 17.9 Å². The molecule has 2 N–H and O–H groups in total. The minimum absolute atomic E-state index is 0.00410. The second-order valence-electron chi connectivity index (χ2n) is 7.49. The van der Waals surface area contributed by atoms with Crippen molar-refractivity contribution in [2.75, 3.05) is 7.11 Å². The number of halogens is 1. The standard InChI is InChI=1S/C20H22FNO4S/c1-20(2)18(12-4-7-15(8-5-12)27(22,24)25)19(20)16(23)11-13-10-14(21)6-9-17(13)26-3/h4-10,18-19H,11H2,1-3H3,(H2,22,24,25)/t18-,19-/m1/s1. The molecule has 0 saturated heterocycles. The van der Waals surface area contributed by atoms with Gasteiger partial charge in [0.25, 0.3) is 0 Å². The van der Waals surface area contributed by atoms with Crippen LogP contribution in [-0.4, -0.2) is 21.3 Å². The molecule has 0 aromatic heterocycles. The molecular weight excluding hydrogens is 369 g/mol. The van der Waals surface area contributed by atoms with Crippen LogP contribution in [0.2, 0.25) is 0 Å². The first kappa shape index (κ1) is 19.5. The third kappa shape index (κ3) is 3.75. The molecule has 1 fully saturated rings. The Bertz CT molecular complexity index is 984. The molecule has 2 aromatic rings. The van der Waals surface area contributed by atoms with Gasteiger partial charge in [0.05, 0.1) is 12.0 Å². The summed E-state index contributed by atoms with van der Waals surface area (Å²) in [6.45, 7) is 3.99. The number of nitrogens with two attached hydrogens (primary N) is 1. The maximum absolute atomic E-state index is 13.6. The van der Waals surface area contributed by atoms with Gasteiger partial charge in [0.1, 0.15) is 17.3 Å². The average molecular weight is 391 g/mol. The van der Waals surface area contributed by atoms with Crippen molar-refractivity contribution in [1.29, 1.82) is 0 Å². The number of benzene rings is 2. The molecule has 7 heteroatoms. The highest BCUT2D eigenvalue weighted by Crippen LogP contribution is 2.65. The lowest BCUT2D eigenvalue weighted by atomic mass is 10.0. The lowest BCUT2D eigenvalue weighted by Gasteiger charge is -2.08. The zero-order chi connectivity index (χ0) is 20.0. The minimum atomic E-state index is -3.75. The zero-order valence-electron chi connectivity index (χ0n) is 15.4. The normalized spacial score (nSPS) is 20.9. The molecular formula is C20H22FNO4S. The number of carbonyl (C=O) groups excluding carboxylic acids is 1. The summed E-state index contributed by atoms with van der Waals surface area (Å²) >= 11 is 0. The fraction of sp³-hybridized carbons (Fsp3) is 0.350. The summed E-state index contributed by atoms with van der Waals surface area (Å²) in [5.74, 6) is -0.185. The van der Waals surface area contributed by atoms with Crippen molar-refractivity contribution in [3.63, 3.8) is 0 Å². The van der Waals surface area contributed by atoms with Crippen molar-refractivity contribution in [3.8, 4) is 5.75 Å². The van der Waals surface area contributed by atoms with E-state index in [-0.39, 0.29) is 34.4 Å². The van der Waals surface area contributed by atoms with Crippen LogP contribution in [0, 0.1) is 17.2 Å². The van der Waals surface area contributed by atoms with Crippen molar-refractivity contribution >= 4 is 15.8 Å².